The summed E-state index contributed by atoms with van der Waals surface area (Å²) in [5, 5.41) is 32.2. The molecule has 4 aromatic rings. The quantitative estimate of drug-likeness (QED) is 0.338. The Bertz CT molecular complexity index is 1400. The molecule has 2 atom stereocenters. The number of hydrogen-bond donors (Lipinski definition) is 4. The van der Waals surface area contributed by atoms with Gasteiger partial charge in [0.15, 0.2) is 0 Å². The van der Waals surface area contributed by atoms with Gasteiger partial charge in [0.2, 0.25) is 5.95 Å². The van der Waals surface area contributed by atoms with E-state index >= 15 is 0 Å². The molecule has 2 aromatic heterocycles. The monoisotopic (exact) mass is 458 g/mol. The Labute approximate surface area is 196 Å². The zero-order valence-electron chi connectivity index (χ0n) is 19.1. The van der Waals surface area contributed by atoms with E-state index in [-0.39, 0.29) is 23.4 Å². The lowest BCUT2D eigenvalue weighted by atomic mass is 10.1. The van der Waals surface area contributed by atoms with Gasteiger partial charge in [0, 0.05) is 29.7 Å². The molecule has 0 amide bonds. The van der Waals surface area contributed by atoms with Gasteiger partial charge in [-0.25, -0.2) is 9.78 Å². The molecule has 2 heterocycles. The number of carboxylic acid groups (broad SMARTS) is 1. The summed E-state index contributed by atoms with van der Waals surface area (Å²) in [4.78, 5) is 20.6. The molecule has 174 valence electrons. The van der Waals surface area contributed by atoms with Gasteiger partial charge in [-0.1, -0.05) is 24.3 Å². The van der Waals surface area contributed by atoms with E-state index in [0.717, 1.165) is 33.3 Å². The lowest BCUT2D eigenvalue weighted by molar-refractivity contribution is 0.0696. The smallest absolute Gasteiger partial charge is 0.341 e. The fourth-order valence-corrected chi connectivity index (χ4v) is 4.48. The van der Waals surface area contributed by atoms with E-state index in [1.165, 1.54) is 6.20 Å². The summed E-state index contributed by atoms with van der Waals surface area (Å²) >= 11 is 0. The highest BCUT2D eigenvalue weighted by Crippen LogP contribution is 2.35. The molecule has 0 unspecified atom stereocenters. The maximum atomic E-state index is 11.9. The predicted octanol–water partition coefficient (Wildman–Crippen LogP) is 4.23. The van der Waals surface area contributed by atoms with Gasteiger partial charge in [0.05, 0.1) is 23.9 Å². The number of anilines is 3. The van der Waals surface area contributed by atoms with Crippen molar-refractivity contribution in [1.82, 2.24) is 19.7 Å². The molecule has 5 rings (SSSR count). The third-order valence-electron chi connectivity index (χ3n) is 6.19. The van der Waals surface area contributed by atoms with E-state index < -0.39 is 18.1 Å². The summed E-state index contributed by atoms with van der Waals surface area (Å²) in [6.07, 6.45) is 2.93. The van der Waals surface area contributed by atoms with E-state index in [9.17, 15) is 15.0 Å². The molecule has 9 heteroatoms. The highest BCUT2D eigenvalue weighted by Gasteiger charge is 2.32. The fourth-order valence-electron chi connectivity index (χ4n) is 4.48. The number of aromatic nitrogens is 4. The first kappa shape index (κ1) is 21.8. The van der Waals surface area contributed by atoms with Gasteiger partial charge in [-0.05, 0) is 49.6 Å². The van der Waals surface area contributed by atoms with Crippen LogP contribution in [0.15, 0.2) is 48.8 Å². The lowest BCUT2D eigenvalue weighted by Crippen LogP contribution is -2.23. The van der Waals surface area contributed by atoms with E-state index in [0.29, 0.717) is 6.42 Å². The third kappa shape index (κ3) is 3.84. The Morgan fingerprint density at radius 3 is 2.76 bits per heavy atom. The van der Waals surface area contributed by atoms with Crippen LogP contribution in [0.2, 0.25) is 0 Å². The number of benzene rings is 2. The maximum Gasteiger partial charge on any atom is 0.341 e. The van der Waals surface area contributed by atoms with Gasteiger partial charge in [-0.15, -0.1) is 0 Å². The van der Waals surface area contributed by atoms with Gasteiger partial charge < -0.3 is 20.8 Å². The van der Waals surface area contributed by atoms with Crippen molar-refractivity contribution in [2.75, 3.05) is 10.6 Å². The first-order chi connectivity index (χ1) is 16.3. The number of hydrogen-bond acceptors (Lipinski definition) is 7. The van der Waals surface area contributed by atoms with Crippen molar-refractivity contribution in [2.45, 2.75) is 45.4 Å². The Kier molecular flexibility index (Phi) is 5.41. The standard InChI is InChI=1S/C25H26N6O3/c1-13(2)31-20-10-19(14(3)8-16(20)11-27-31)28-25-26-12-18(24(33)34)23(30-25)29-22-17-7-5-4-6-15(17)9-21(22)32/h4-8,10-13,21-22,32H,9H2,1-3H3,(H,33,34)(H2,26,28,29,30)/t21-,22+/m1/s1. The molecule has 34 heavy (non-hydrogen) atoms. The summed E-state index contributed by atoms with van der Waals surface area (Å²) in [6.45, 7) is 6.12. The minimum atomic E-state index is -1.15. The normalized spacial score (nSPS) is 17.2. The Balaban J connectivity index is 1.50. The molecule has 2 aromatic carbocycles. The largest absolute Gasteiger partial charge is 0.477 e. The van der Waals surface area contributed by atoms with Crippen LogP contribution in [0.5, 0.6) is 0 Å². The first-order valence-corrected chi connectivity index (χ1v) is 11.2. The van der Waals surface area contributed by atoms with Crippen molar-refractivity contribution < 1.29 is 15.0 Å². The summed E-state index contributed by atoms with van der Waals surface area (Å²) in [5.74, 6) is -0.740. The highest BCUT2D eigenvalue weighted by atomic mass is 16.4. The molecule has 0 bridgehead atoms. The SMILES string of the molecule is Cc1cc2cnn(C(C)C)c2cc1Nc1ncc(C(=O)O)c(N[C@H]2c3ccccc3C[C@H]2O)n1. The number of carboxylic acids is 1. The van der Waals surface area contributed by atoms with Crippen LogP contribution < -0.4 is 10.6 Å². The number of aromatic carboxylic acids is 1. The number of nitrogens with one attached hydrogen (secondary N) is 2. The van der Waals surface area contributed by atoms with Crippen LogP contribution in [-0.2, 0) is 6.42 Å². The van der Waals surface area contributed by atoms with Gasteiger partial charge in [0.1, 0.15) is 11.4 Å². The molecule has 0 spiro atoms. The zero-order chi connectivity index (χ0) is 24.0. The summed E-state index contributed by atoms with van der Waals surface area (Å²) < 4.78 is 1.94. The lowest BCUT2D eigenvalue weighted by Gasteiger charge is -2.20. The van der Waals surface area contributed by atoms with Crippen molar-refractivity contribution in [3.05, 3.63) is 71.0 Å². The van der Waals surface area contributed by atoms with Crippen LogP contribution in [-0.4, -0.2) is 42.0 Å². The molecule has 0 aliphatic heterocycles. The summed E-state index contributed by atoms with van der Waals surface area (Å²) in [7, 11) is 0. The number of aryl methyl sites for hydroxylation is 1. The second-order valence-corrected chi connectivity index (χ2v) is 8.89. The number of fused-ring (bicyclic) bond motifs is 2. The Morgan fingerprint density at radius 2 is 2.00 bits per heavy atom. The van der Waals surface area contributed by atoms with Gasteiger partial charge in [-0.2, -0.15) is 10.1 Å². The number of aliphatic hydroxyl groups is 1. The molecule has 0 radical (unpaired) electrons. The summed E-state index contributed by atoms with van der Waals surface area (Å²) in [6, 6.07) is 11.5. The number of nitrogens with zero attached hydrogens (tertiary/aromatic N) is 4. The van der Waals surface area contributed by atoms with E-state index in [1.807, 2.05) is 54.2 Å². The topological polar surface area (TPSA) is 125 Å². The van der Waals surface area contributed by atoms with Crippen molar-refractivity contribution in [1.29, 1.82) is 0 Å². The number of carbonyl (C=O) groups is 1. The van der Waals surface area contributed by atoms with Gasteiger partial charge >= 0.3 is 5.97 Å². The van der Waals surface area contributed by atoms with E-state index in [1.54, 1.807) is 0 Å². The fraction of sp³-hybridized carbons (Fsp3) is 0.280. The second kappa shape index (κ2) is 8.42. The van der Waals surface area contributed by atoms with Crippen LogP contribution in [0.4, 0.5) is 17.5 Å². The van der Waals surface area contributed by atoms with Crippen LogP contribution in [0.3, 0.4) is 0 Å². The van der Waals surface area contributed by atoms with Gasteiger partial charge in [0.25, 0.3) is 0 Å². The molecule has 1 aliphatic carbocycles. The molecular formula is C25H26N6O3. The van der Waals surface area contributed by atoms with E-state index in [4.69, 9.17) is 0 Å². The van der Waals surface area contributed by atoms with Gasteiger partial charge in [-0.3, -0.25) is 4.68 Å². The Morgan fingerprint density at radius 1 is 1.21 bits per heavy atom. The molecule has 0 fully saturated rings. The zero-order valence-corrected chi connectivity index (χ0v) is 19.1. The average Bonchev–Trinajstić information content (AvgIpc) is 3.34. The van der Waals surface area contributed by atoms with Crippen LogP contribution >= 0.6 is 0 Å². The molecule has 1 aliphatic rings. The molecule has 9 nitrogen and oxygen atoms in total. The minimum Gasteiger partial charge on any atom is -0.477 e. The van der Waals surface area contributed by atoms with Crippen molar-refractivity contribution in [2.24, 2.45) is 0 Å². The minimum absolute atomic E-state index is 0.0628. The predicted molar refractivity (Wildman–Crippen MR) is 130 cm³/mol. The molecular weight excluding hydrogens is 432 g/mol. The van der Waals surface area contributed by atoms with Crippen molar-refractivity contribution in [3.8, 4) is 0 Å². The average molecular weight is 459 g/mol. The molecule has 4 N–H and O–H groups in total. The Hall–Kier alpha value is -3.98. The highest BCUT2D eigenvalue weighted by molar-refractivity contribution is 5.93. The van der Waals surface area contributed by atoms with Crippen LogP contribution in [0.1, 0.15) is 53.0 Å². The first-order valence-electron chi connectivity index (χ1n) is 11.2. The second-order valence-electron chi connectivity index (χ2n) is 8.89. The number of aliphatic hydroxyl groups excluding tert-OH is 1. The molecule has 0 saturated carbocycles. The van der Waals surface area contributed by atoms with Crippen molar-refractivity contribution >= 4 is 34.3 Å². The third-order valence-corrected chi connectivity index (χ3v) is 6.19. The number of rotatable bonds is 6. The van der Waals surface area contributed by atoms with E-state index in [2.05, 4.69) is 39.5 Å². The van der Waals surface area contributed by atoms with Crippen LogP contribution in [0, 0.1) is 6.92 Å². The molecule has 0 saturated heterocycles. The maximum absolute atomic E-state index is 11.9. The van der Waals surface area contributed by atoms with Crippen LogP contribution in [0.25, 0.3) is 10.9 Å². The summed E-state index contributed by atoms with van der Waals surface area (Å²) in [5.41, 5.74) is 4.66. The van der Waals surface area contributed by atoms with Crippen molar-refractivity contribution in [3.63, 3.8) is 0 Å².